The second kappa shape index (κ2) is 8.29. The van der Waals surface area contributed by atoms with Gasteiger partial charge in [0, 0.05) is 30.5 Å². The highest BCUT2D eigenvalue weighted by molar-refractivity contribution is 6.08. The Morgan fingerprint density at radius 1 is 1.44 bits per heavy atom. The molecule has 2 fully saturated rings. The Morgan fingerprint density at radius 3 is 2.81 bits per heavy atom. The zero-order valence-corrected chi connectivity index (χ0v) is 18.5. The lowest BCUT2D eigenvalue weighted by atomic mass is 10.0. The molecule has 9 heteroatoms. The summed E-state index contributed by atoms with van der Waals surface area (Å²) < 4.78 is 8.49. The highest BCUT2D eigenvalue weighted by atomic mass is 16.5. The molecule has 1 saturated heterocycles. The average molecular weight is 440 g/mol. The predicted molar refractivity (Wildman–Crippen MR) is 120 cm³/mol. The van der Waals surface area contributed by atoms with Gasteiger partial charge in [-0.15, -0.1) is 0 Å². The number of hydrogen-bond donors (Lipinski definition) is 4. The molecule has 2 heterocycles. The highest BCUT2D eigenvalue weighted by Gasteiger charge is 2.31. The smallest absolute Gasteiger partial charge is 0.328 e. The van der Waals surface area contributed by atoms with Crippen molar-refractivity contribution < 1.29 is 19.4 Å². The van der Waals surface area contributed by atoms with Gasteiger partial charge in [0.05, 0.1) is 17.6 Å². The molecule has 1 aliphatic heterocycles. The summed E-state index contributed by atoms with van der Waals surface area (Å²) in [6.45, 7) is 5.66. The van der Waals surface area contributed by atoms with E-state index in [-0.39, 0.29) is 23.6 Å². The fraction of sp³-hybridized carbons (Fsp3) is 0.478. The standard InChI is InChI=1S/C23H29N5O4/c1-13(15-10-20(29)25-11-15)32-19-9-14(17(24)6-7-27-23(2,3)22(30)31)8-18-21(19)28(12-26-18)16-4-5-16/h6-9,12-13,15-16,24,27H,4-5,10-11H2,1-3H3,(H,25,29)(H,30,31)/b7-6-,24-17?/t13-,15-/m1/s1. The fourth-order valence-corrected chi connectivity index (χ4v) is 3.76. The lowest BCUT2D eigenvalue weighted by Crippen LogP contribution is -2.43. The molecule has 2 atom stereocenters. The maximum Gasteiger partial charge on any atom is 0.328 e. The highest BCUT2D eigenvalue weighted by Crippen LogP contribution is 2.40. The van der Waals surface area contributed by atoms with E-state index in [9.17, 15) is 14.7 Å². The van der Waals surface area contributed by atoms with E-state index in [2.05, 4.69) is 20.2 Å². The third-order valence-electron chi connectivity index (χ3n) is 6.10. The molecule has 1 aromatic heterocycles. The second-order valence-corrected chi connectivity index (χ2v) is 9.14. The molecule has 4 rings (SSSR count). The monoisotopic (exact) mass is 439 g/mol. The first-order valence-electron chi connectivity index (χ1n) is 10.9. The summed E-state index contributed by atoms with van der Waals surface area (Å²) in [6.07, 6.45) is 7.28. The first-order chi connectivity index (χ1) is 15.2. The van der Waals surface area contributed by atoms with E-state index in [0.29, 0.717) is 30.3 Å². The van der Waals surface area contributed by atoms with Gasteiger partial charge in [-0.25, -0.2) is 9.78 Å². The van der Waals surface area contributed by atoms with Crippen LogP contribution in [0.5, 0.6) is 5.75 Å². The van der Waals surface area contributed by atoms with E-state index in [4.69, 9.17) is 10.1 Å². The molecule has 0 bridgehead atoms. The molecule has 2 aromatic rings. The number of aliphatic carboxylic acids is 1. The summed E-state index contributed by atoms with van der Waals surface area (Å²) in [4.78, 5) is 27.4. The van der Waals surface area contributed by atoms with E-state index < -0.39 is 11.5 Å². The van der Waals surface area contributed by atoms with Gasteiger partial charge in [0.15, 0.2) is 0 Å². The number of carboxylic acids is 1. The third-order valence-corrected chi connectivity index (χ3v) is 6.10. The van der Waals surface area contributed by atoms with Gasteiger partial charge >= 0.3 is 5.97 Å². The molecule has 32 heavy (non-hydrogen) atoms. The number of imidazole rings is 1. The average Bonchev–Trinajstić information content (AvgIpc) is 3.33. The number of rotatable bonds is 9. The quantitative estimate of drug-likeness (QED) is 0.445. The topological polar surface area (TPSA) is 129 Å². The Labute approximate surface area is 186 Å². The van der Waals surface area contributed by atoms with Gasteiger partial charge in [-0.1, -0.05) is 0 Å². The largest absolute Gasteiger partial charge is 0.488 e. The molecule has 1 aromatic carbocycles. The summed E-state index contributed by atoms with van der Waals surface area (Å²) in [6, 6.07) is 4.10. The first kappa shape index (κ1) is 21.9. The minimum atomic E-state index is -1.14. The number of benzene rings is 1. The fourth-order valence-electron chi connectivity index (χ4n) is 3.76. The lowest BCUT2D eigenvalue weighted by molar-refractivity contribution is -0.142. The number of ether oxygens (including phenoxy) is 1. The number of nitrogens with zero attached hydrogens (tertiary/aromatic N) is 2. The summed E-state index contributed by atoms with van der Waals surface area (Å²) in [5.41, 5.74) is 1.33. The molecule has 1 aliphatic carbocycles. The minimum absolute atomic E-state index is 0.0380. The molecule has 1 amide bonds. The van der Waals surface area contributed by atoms with Gasteiger partial charge in [0.1, 0.15) is 22.9 Å². The van der Waals surface area contributed by atoms with E-state index in [1.54, 1.807) is 13.8 Å². The van der Waals surface area contributed by atoms with E-state index in [0.717, 1.165) is 23.9 Å². The molecular weight excluding hydrogens is 410 g/mol. The molecule has 9 nitrogen and oxygen atoms in total. The Kier molecular flexibility index (Phi) is 5.66. The van der Waals surface area contributed by atoms with Crippen LogP contribution in [0.4, 0.5) is 0 Å². The van der Waals surface area contributed by atoms with Gasteiger partial charge in [0.2, 0.25) is 5.91 Å². The van der Waals surface area contributed by atoms with Crippen molar-refractivity contribution >= 4 is 28.6 Å². The van der Waals surface area contributed by atoms with Crippen molar-refractivity contribution in [2.75, 3.05) is 6.54 Å². The molecule has 2 aliphatic rings. The van der Waals surface area contributed by atoms with Crippen molar-refractivity contribution in [1.29, 1.82) is 5.41 Å². The Bertz CT molecular complexity index is 1100. The number of carbonyl (C=O) groups excluding carboxylic acids is 1. The van der Waals surface area contributed by atoms with Crippen LogP contribution in [-0.2, 0) is 9.59 Å². The van der Waals surface area contributed by atoms with Gasteiger partial charge in [-0.05, 0) is 58.0 Å². The van der Waals surface area contributed by atoms with Crippen molar-refractivity contribution in [2.24, 2.45) is 5.92 Å². The molecule has 0 unspecified atom stereocenters. The molecule has 4 N–H and O–H groups in total. The molecule has 0 radical (unpaired) electrons. The van der Waals surface area contributed by atoms with Gasteiger partial charge in [0.25, 0.3) is 0 Å². The number of carboxylic acid groups (broad SMARTS) is 1. The minimum Gasteiger partial charge on any atom is -0.488 e. The Hall–Kier alpha value is -3.36. The van der Waals surface area contributed by atoms with Crippen molar-refractivity contribution in [1.82, 2.24) is 20.2 Å². The van der Waals surface area contributed by atoms with Crippen LogP contribution < -0.4 is 15.4 Å². The number of amides is 1. The van der Waals surface area contributed by atoms with Crippen LogP contribution in [0.1, 0.15) is 51.6 Å². The van der Waals surface area contributed by atoms with Gasteiger partial charge in [-0.2, -0.15) is 0 Å². The summed E-state index contributed by atoms with van der Waals surface area (Å²) in [7, 11) is 0. The van der Waals surface area contributed by atoms with E-state index in [1.165, 1.54) is 12.3 Å². The zero-order valence-electron chi connectivity index (χ0n) is 18.5. The Balaban J connectivity index is 1.62. The summed E-state index contributed by atoms with van der Waals surface area (Å²) >= 11 is 0. The van der Waals surface area contributed by atoms with E-state index >= 15 is 0 Å². The summed E-state index contributed by atoms with van der Waals surface area (Å²) in [5, 5.41) is 23.3. The van der Waals surface area contributed by atoms with Crippen LogP contribution in [0, 0.1) is 11.3 Å². The molecule has 0 spiro atoms. The molecular formula is C23H29N5O4. The zero-order chi connectivity index (χ0) is 23.0. The molecule has 170 valence electrons. The van der Waals surface area contributed by atoms with Gasteiger partial charge < -0.3 is 30.5 Å². The van der Waals surface area contributed by atoms with Crippen LogP contribution in [0.3, 0.4) is 0 Å². The summed E-state index contributed by atoms with van der Waals surface area (Å²) in [5.74, 6) is -0.215. The van der Waals surface area contributed by atoms with Crippen LogP contribution in [-0.4, -0.2) is 50.4 Å². The normalized spacial score (nSPS) is 19.8. The number of allylic oxidation sites excluding steroid dienone is 1. The van der Waals surface area contributed by atoms with Crippen LogP contribution >= 0.6 is 0 Å². The van der Waals surface area contributed by atoms with Crippen molar-refractivity contribution in [3.8, 4) is 5.75 Å². The lowest BCUT2D eigenvalue weighted by Gasteiger charge is -2.21. The van der Waals surface area contributed by atoms with Crippen molar-refractivity contribution in [3.05, 3.63) is 36.3 Å². The number of hydrogen-bond acceptors (Lipinski definition) is 6. The number of aromatic nitrogens is 2. The Morgan fingerprint density at radius 2 is 2.19 bits per heavy atom. The van der Waals surface area contributed by atoms with Crippen LogP contribution in [0.2, 0.25) is 0 Å². The van der Waals surface area contributed by atoms with Gasteiger partial charge in [-0.3, -0.25) is 4.79 Å². The van der Waals surface area contributed by atoms with Crippen LogP contribution in [0.15, 0.2) is 30.7 Å². The van der Waals surface area contributed by atoms with Crippen LogP contribution in [0.25, 0.3) is 11.0 Å². The predicted octanol–water partition coefficient (Wildman–Crippen LogP) is 2.61. The van der Waals surface area contributed by atoms with E-state index in [1.807, 2.05) is 25.4 Å². The number of carbonyl (C=O) groups is 2. The third kappa shape index (κ3) is 4.46. The molecule has 1 saturated carbocycles. The number of fused-ring (bicyclic) bond motifs is 1. The maximum absolute atomic E-state index is 11.6. The first-order valence-corrected chi connectivity index (χ1v) is 10.9. The maximum atomic E-state index is 11.6. The van der Waals surface area contributed by atoms with Crippen molar-refractivity contribution in [3.63, 3.8) is 0 Å². The number of nitrogens with one attached hydrogen (secondary N) is 3. The van der Waals surface area contributed by atoms with Crippen molar-refractivity contribution in [2.45, 2.75) is 57.7 Å². The second-order valence-electron chi connectivity index (χ2n) is 9.14. The SMILES string of the molecule is C[C@@H](Oc1cc(C(=N)/C=C\NC(C)(C)C(=O)O)cc2ncn(C3CC3)c12)[C@H]1CNC(=O)C1.